The predicted octanol–water partition coefficient (Wildman–Crippen LogP) is 2.46. The lowest BCUT2D eigenvalue weighted by atomic mass is 10.0. The number of ketones is 1. The minimum atomic E-state index is -0.529. The van der Waals surface area contributed by atoms with Crippen LogP contribution in [0, 0.1) is 5.82 Å². The lowest BCUT2D eigenvalue weighted by molar-refractivity contribution is 0.103. The van der Waals surface area contributed by atoms with Gasteiger partial charge in [0, 0.05) is 17.3 Å². The van der Waals surface area contributed by atoms with Crippen LogP contribution in [-0.4, -0.2) is 17.9 Å². The Morgan fingerprint density at radius 3 is 2.76 bits per heavy atom. The largest absolute Gasteiger partial charge is 0.497 e. The number of aromatic nitrogens is 1. The summed E-state index contributed by atoms with van der Waals surface area (Å²) >= 11 is 0. The summed E-state index contributed by atoms with van der Waals surface area (Å²) in [4.78, 5) is 15.7. The van der Waals surface area contributed by atoms with E-state index in [2.05, 4.69) is 4.98 Å². The molecule has 17 heavy (non-hydrogen) atoms. The van der Waals surface area contributed by atoms with Crippen LogP contribution in [0.4, 0.5) is 4.39 Å². The number of pyridine rings is 1. The summed E-state index contributed by atoms with van der Waals surface area (Å²) in [5.41, 5.74) is 0.662. The van der Waals surface area contributed by atoms with Crippen molar-refractivity contribution in [3.63, 3.8) is 0 Å². The number of hydrogen-bond acceptors (Lipinski definition) is 3. The quantitative estimate of drug-likeness (QED) is 0.762. The zero-order chi connectivity index (χ0) is 12.3. The Morgan fingerprint density at radius 2 is 2.06 bits per heavy atom. The second-order valence-electron chi connectivity index (χ2n) is 3.45. The van der Waals surface area contributed by atoms with E-state index < -0.39 is 5.82 Å². The Labute approximate surface area is 97.9 Å². The van der Waals surface area contributed by atoms with Crippen molar-refractivity contribution in [2.45, 2.75) is 0 Å². The fourth-order valence-electron chi connectivity index (χ4n) is 1.47. The summed E-state index contributed by atoms with van der Waals surface area (Å²) < 4.78 is 18.0. The van der Waals surface area contributed by atoms with Gasteiger partial charge in [-0.15, -0.1) is 0 Å². The number of benzene rings is 1. The molecule has 86 valence electrons. The predicted molar refractivity (Wildman–Crippen MR) is 60.6 cm³/mol. The molecular weight excluding hydrogens is 221 g/mol. The zero-order valence-electron chi connectivity index (χ0n) is 9.18. The van der Waals surface area contributed by atoms with E-state index in [1.165, 1.54) is 13.3 Å². The first-order valence-electron chi connectivity index (χ1n) is 5.00. The fraction of sp³-hybridized carbons (Fsp3) is 0.0769. The number of ether oxygens (including phenoxy) is 1. The van der Waals surface area contributed by atoms with Crippen LogP contribution in [0.15, 0.2) is 42.7 Å². The number of nitrogens with zero attached hydrogens (tertiary/aromatic N) is 1. The molecule has 2 aromatic rings. The van der Waals surface area contributed by atoms with Gasteiger partial charge < -0.3 is 4.74 Å². The number of carbonyl (C=O) groups excluding carboxylic acids is 1. The van der Waals surface area contributed by atoms with Crippen molar-refractivity contribution < 1.29 is 13.9 Å². The molecule has 2 rings (SSSR count). The van der Waals surface area contributed by atoms with Crippen molar-refractivity contribution in [3.8, 4) is 5.75 Å². The highest BCUT2D eigenvalue weighted by Crippen LogP contribution is 2.16. The number of hydrogen-bond donors (Lipinski definition) is 0. The van der Waals surface area contributed by atoms with Gasteiger partial charge in [0.1, 0.15) is 11.6 Å². The van der Waals surface area contributed by atoms with E-state index in [0.29, 0.717) is 11.3 Å². The van der Waals surface area contributed by atoms with Crippen LogP contribution in [0.1, 0.15) is 15.9 Å². The van der Waals surface area contributed by atoms with Gasteiger partial charge in [-0.25, -0.2) is 4.39 Å². The minimum Gasteiger partial charge on any atom is -0.497 e. The van der Waals surface area contributed by atoms with Crippen molar-refractivity contribution in [1.82, 2.24) is 4.98 Å². The van der Waals surface area contributed by atoms with Crippen LogP contribution in [0.5, 0.6) is 5.75 Å². The van der Waals surface area contributed by atoms with Gasteiger partial charge >= 0.3 is 0 Å². The summed E-state index contributed by atoms with van der Waals surface area (Å²) in [6.45, 7) is 0. The van der Waals surface area contributed by atoms with Crippen LogP contribution in [0.3, 0.4) is 0 Å². The third kappa shape index (κ3) is 2.47. The number of methoxy groups -OCH3 is 1. The molecule has 0 aliphatic rings. The van der Waals surface area contributed by atoms with Crippen molar-refractivity contribution in [2.24, 2.45) is 0 Å². The molecule has 0 saturated carbocycles. The van der Waals surface area contributed by atoms with Crippen molar-refractivity contribution in [1.29, 1.82) is 0 Å². The van der Waals surface area contributed by atoms with Gasteiger partial charge in [0.2, 0.25) is 0 Å². The molecule has 0 saturated heterocycles. The minimum absolute atomic E-state index is 0.221. The first-order chi connectivity index (χ1) is 8.20. The van der Waals surface area contributed by atoms with E-state index >= 15 is 0 Å². The van der Waals surface area contributed by atoms with Crippen molar-refractivity contribution in [2.75, 3.05) is 7.11 Å². The van der Waals surface area contributed by atoms with Gasteiger partial charge in [-0.05, 0) is 18.2 Å². The Bertz CT molecular complexity index is 555. The average Bonchev–Trinajstić information content (AvgIpc) is 2.38. The van der Waals surface area contributed by atoms with Crippen LogP contribution in [0.2, 0.25) is 0 Å². The van der Waals surface area contributed by atoms with E-state index in [4.69, 9.17) is 4.74 Å². The van der Waals surface area contributed by atoms with Gasteiger partial charge in [0.05, 0.1) is 13.3 Å². The molecule has 1 aromatic carbocycles. The summed E-state index contributed by atoms with van der Waals surface area (Å²) in [5.74, 6) is -0.227. The fourth-order valence-corrected chi connectivity index (χ4v) is 1.47. The molecule has 0 amide bonds. The SMILES string of the molecule is COc1cccc(C(=O)c2cncc(F)c2)c1. The Morgan fingerprint density at radius 1 is 1.24 bits per heavy atom. The highest BCUT2D eigenvalue weighted by Gasteiger charge is 2.10. The van der Waals surface area contributed by atoms with E-state index in [1.54, 1.807) is 24.3 Å². The standard InChI is InChI=1S/C13H10FNO2/c1-17-12-4-2-3-9(6-12)13(16)10-5-11(14)8-15-7-10/h2-8H,1H3. The second-order valence-corrected chi connectivity index (χ2v) is 3.45. The maximum absolute atomic E-state index is 12.9. The molecule has 0 atom stereocenters. The number of carbonyl (C=O) groups is 1. The smallest absolute Gasteiger partial charge is 0.194 e. The van der Waals surface area contributed by atoms with Gasteiger partial charge in [-0.1, -0.05) is 12.1 Å². The molecule has 4 heteroatoms. The maximum atomic E-state index is 12.9. The van der Waals surface area contributed by atoms with Gasteiger partial charge in [-0.2, -0.15) is 0 Å². The number of halogens is 1. The third-order valence-corrected chi connectivity index (χ3v) is 2.30. The molecule has 0 radical (unpaired) electrons. The summed E-state index contributed by atoms with van der Waals surface area (Å²) in [6, 6.07) is 7.86. The van der Waals surface area contributed by atoms with E-state index in [1.807, 2.05) is 0 Å². The Kier molecular flexibility index (Phi) is 3.14. The van der Waals surface area contributed by atoms with Crippen LogP contribution >= 0.6 is 0 Å². The van der Waals surface area contributed by atoms with Crippen LogP contribution in [-0.2, 0) is 0 Å². The molecule has 0 unspecified atom stereocenters. The summed E-state index contributed by atoms with van der Waals surface area (Å²) in [6.07, 6.45) is 2.40. The van der Waals surface area contributed by atoms with Crippen molar-refractivity contribution in [3.05, 3.63) is 59.7 Å². The summed E-state index contributed by atoms with van der Waals surface area (Å²) in [7, 11) is 1.52. The second kappa shape index (κ2) is 4.74. The molecule has 3 nitrogen and oxygen atoms in total. The Hall–Kier alpha value is -2.23. The van der Waals surface area contributed by atoms with Gasteiger partial charge in [-0.3, -0.25) is 9.78 Å². The molecule has 0 fully saturated rings. The third-order valence-electron chi connectivity index (χ3n) is 2.30. The normalized spacial score (nSPS) is 10.0. The topological polar surface area (TPSA) is 39.2 Å². The Balaban J connectivity index is 2.36. The molecule has 0 N–H and O–H groups in total. The van der Waals surface area contributed by atoms with Crippen LogP contribution in [0.25, 0.3) is 0 Å². The molecule has 1 aromatic heterocycles. The molecule has 0 aliphatic heterocycles. The lowest BCUT2D eigenvalue weighted by Crippen LogP contribution is -2.02. The zero-order valence-corrected chi connectivity index (χ0v) is 9.18. The molecule has 0 bridgehead atoms. The first kappa shape index (κ1) is 11.3. The van der Waals surface area contributed by atoms with Gasteiger partial charge in [0.25, 0.3) is 0 Å². The monoisotopic (exact) mass is 231 g/mol. The molecule has 0 aliphatic carbocycles. The highest BCUT2D eigenvalue weighted by molar-refractivity contribution is 6.08. The van der Waals surface area contributed by atoms with Gasteiger partial charge in [0.15, 0.2) is 5.78 Å². The van der Waals surface area contributed by atoms with E-state index in [9.17, 15) is 9.18 Å². The maximum Gasteiger partial charge on any atom is 0.194 e. The molecule has 1 heterocycles. The molecule has 0 spiro atoms. The highest BCUT2D eigenvalue weighted by atomic mass is 19.1. The van der Waals surface area contributed by atoms with Crippen molar-refractivity contribution >= 4 is 5.78 Å². The average molecular weight is 231 g/mol. The lowest BCUT2D eigenvalue weighted by Gasteiger charge is -2.03. The van der Waals surface area contributed by atoms with Crippen LogP contribution < -0.4 is 4.74 Å². The summed E-state index contributed by atoms with van der Waals surface area (Å²) in [5, 5.41) is 0. The van der Waals surface area contributed by atoms with E-state index in [-0.39, 0.29) is 11.3 Å². The number of rotatable bonds is 3. The van der Waals surface area contributed by atoms with E-state index in [0.717, 1.165) is 12.3 Å². The molecular formula is C13H10FNO2. The first-order valence-corrected chi connectivity index (χ1v) is 5.00.